The number of hydrogen-bond donors (Lipinski definition) is 1. The summed E-state index contributed by atoms with van der Waals surface area (Å²) in [7, 11) is 0. The molecule has 0 spiro atoms. The summed E-state index contributed by atoms with van der Waals surface area (Å²) in [5.74, 6) is 0. The van der Waals surface area contributed by atoms with Crippen LogP contribution in [0.25, 0.3) is 0 Å². The first-order valence-electron chi connectivity index (χ1n) is 6.58. The quantitative estimate of drug-likeness (QED) is 0.768. The first-order chi connectivity index (χ1) is 7.81. The average molecular weight is 225 g/mol. The van der Waals surface area contributed by atoms with Gasteiger partial charge in [0.2, 0.25) is 0 Å². The number of rotatable bonds is 2. The summed E-state index contributed by atoms with van der Waals surface area (Å²) in [5.41, 5.74) is 0. The fourth-order valence-electron chi connectivity index (χ4n) is 2.82. The maximum absolute atomic E-state index is 11.6. The molecule has 0 aromatic heterocycles. The second-order valence-corrected chi connectivity index (χ2v) is 4.80. The van der Waals surface area contributed by atoms with Crippen LogP contribution < -0.4 is 5.32 Å². The summed E-state index contributed by atoms with van der Waals surface area (Å²) >= 11 is 0. The Morgan fingerprint density at radius 1 is 1.19 bits per heavy atom. The summed E-state index contributed by atoms with van der Waals surface area (Å²) < 4.78 is 0. The van der Waals surface area contributed by atoms with Crippen molar-refractivity contribution in [1.82, 2.24) is 15.1 Å². The summed E-state index contributed by atoms with van der Waals surface area (Å²) in [5, 5.41) is 2.87. The third kappa shape index (κ3) is 2.67. The number of hydrogen-bond acceptors (Lipinski definition) is 2. The molecule has 92 valence electrons. The van der Waals surface area contributed by atoms with Gasteiger partial charge in [0.25, 0.3) is 0 Å². The van der Waals surface area contributed by atoms with Gasteiger partial charge in [-0.15, -0.1) is 0 Å². The molecule has 0 aromatic carbocycles. The largest absolute Gasteiger partial charge is 0.338 e. The SMILES string of the molecule is CCNC(=O)N1CCN(C2CCCC2)CC1. The van der Waals surface area contributed by atoms with E-state index in [1.54, 1.807) is 0 Å². The monoisotopic (exact) mass is 225 g/mol. The van der Waals surface area contributed by atoms with Gasteiger partial charge >= 0.3 is 6.03 Å². The molecule has 16 heavy (non-hydrogen) atoms. The highest BCUT2D eigenvalue weighted by molar-refractivity contribution is 5.74. The van der Waals surface area contributed by atoms with Crippen molar-refractivity contribution >= 4 is 6.03 Å². The predicted molar refractivity (Wildman–Crippen MR) is 64.5 cm³/mol. The molecule has 0 radical (unpaired) electrons. The molecule has 0 atom stereocenters. The normalized spacial score (nSPS) is 23.7. The van der Waals surface area contributed by atoms with E-state index >= 15 is 0 Å². The minimum absolute atomic E-state index is 0.105. The molecule has 4 heteroatoms. The molecule has 4 nitrogen and oxygen atoms in total. The van der Waals surface area contributed by atoms with Gasteiger partial charge in [-0.2, -0.15) is 0 Å². The van der Waals surface area contributed by atoms with Crippen molar-refractivity contribution in [3.63, 3.8) is 0 Å². The van der Waals surface area contributed by atoms with Crippen LogP contribution in [-0.2, 0) is 0 Å². The predicted octanol–water partition coefficient (Wildman–Crippen LogP) is 1.28. The van der Waals surface area contributed by atoms with Gasteiger partial charge in [-0.1, -0.05) is 12.8 Å². The first-order valence-corrected chi connectivity index (χ1v) is 6.58. The van der Waals surface area contributed by atoms with Gasteiger partial charge in [-0.25, -0.2) is 4.79 Å². The summed E-state index contributed by atoms with van der Waals surface area (Å²) in [6.45, 7) is 6.59. The zero-order valence-electron chi connectivity index (χ0n) is 10.2. The molecule has 1 saturated carbocycles. The lowest BCUT2D eigenvalue weighted by Gasteiger charge is -2.37. The average Bonchev–Trinajstić information content (AvgIpc) is 2.83. The first kappa shape index (κ1) is 11.7. The zero-order chi connectivity index (χ0) is 11.4. The Hall–Kier alpha value is -0.770. The fourth-order valence-corrected chi connectivity index (χ4v) is 2.82. The molecule has 0 aromatic rings. The van der Waals surface area contributed by atoms with Crippen molar-refractivity contribution in [2.75, 3.05) is 32.7 Å². The Morgan fingerprint density at radius 3 is 2.38 bits per heavy atom. The maximum Gasteiger partial charge on any atom is 0.317 e. The summed E-state index contributed by atoms with van der Waals surface area (Å²) in [6, 6.07) is 0.907. The van der Waals surface area contributed by atoms with E-state index in [1.807, 2.05) is 11.8 Å². The van der Waals surface area contributed by atoms with Crippen LogP contribution in [0.2, 0.25) is 0 Å². The number of amides is 2. The Bertz CT molecular complexity index is 230. The van der Waals surface area contributed by atoms with Crippen LogP contribution in [-0.4, -0.2) is 54.6 Å². The van der Waals surface area contributed by atoms with E-state index in [0.717, 1.165) is 38.8 Å². The minimum atomic E-state index is 0.105. The van der Waals surface area contributed by atoms with E-state index in [1.165, 1.54) is 25.7 Å². The van der Waals surface area contributed by atoms with Gasteiger partial charge in [-0.05, 0) is 19.8 Å². The maximum atomic E-state index is 11.6. The van der Waals surface area contributed by atoms with E-state index in [0.29, 0.717) is 0 Å². The minimum Gasteiger partial charge on any atom is -0.338 e. The third-order valence-corrected chi connectivity index (χ3v) is 3.77. The van der Waals surface area contributed by atoms with Crippen molar-refractivity contribution < 1.29 is 4.79 Å². The summed E-state index contributed by atoms with van der Waals surface area (Å²) in [6.07, 6.45) is 5.50. The number of carbonyl (C=O) groups excluding carboxylic acids is 1. The number of nitrogens with one attached hydrogen (secondary N) is 1. The van der Waals surface area contributed by atoms with Gasteiger partial charge < -0.3 is 10.2 Å². The number of nitrogens with zero attached hydrogens (tertiary/aromatic N) is 2. The lowest BCUT2D eigenvalue weighted by atomic mass is 10.2. The highest BCUT2D eigenvalue weighted by atomic mass is 16.2. The molecular weight excluding hydrogens is 202 g/mol. The van der Waals surface area contributed by atoms with Crippen molar-refractivity contribution in [1.29, 1.82) is 0 Å². The van der Waals surface area contributed by atoms with Crippen LogP contribution >= 0.6 is 0 Å². The van der Waals surface area contributed by atoms with Crippen molar-refractivity contribution in [3.8, 4) is 0 Å². The van der Waals surface area contributed by atoms with Crippen molar-refractivity contribution in [3.05, 3.63) is 0 Å². The summed E-state index contributed by atoms with van der Waals surface area (Å²) in [4.78, 5) is 16.1. The Morgan fingerprint density at radius 2 is 1.81 bits per heavy atom. The van der Waals surface area contributed by atoms with Crippen LogP contribution in [0.1, 0.15) is 32.6 Å². The van der Waals surface area contributed by atoms with Crippen molar-refractivity contribution in [2.45, 2.75) is 38.6 Å². The molecule has 0 bridgehead atoms. The highest BCUT2D eigenvalue weighted by Gasteiger charge is 2.27. The molecule has 1 saturated heterocycles. The Labute approximate surface area is 98.0 Å². The molecule has 1 aliphatic heterocycles. The molecule has 1 aliphatic carbocycles. The van der Waals surface area contributed by atoms with E-state index in [4.69, 9.17) is 0 Å². The van der Waals surface area contributed by atoms with Crippen LogP contribution in [0.4, 0.5) is 4.79 Å². The van der Waals surface area contributed by atoms with Gasteiger partial charge in [0.05, 0.1) is 0 Å². The molecule has 2 aliphatic rings. The van der Waals surface area contributed by atoms with E-state index in [-0.39, 0.29) is 6.03 Å². The second-order valence-electron chi connectivity index (χ2n) is 4.80. The van der Waals surface area contributed by atoms with Crippen molar-refractivity contribution in [2.24, 2.45) is 0 Å². The zero-order valence-corrected chi connectivity index (χ0v) is 10.2. The number of carbonyl (C=O) groups is 1. The molecule has 2 amide bonds. The van der Waals surface area contributed by atoms with E-state index in [2.05, 4.69) is 10.2 Å². The third-order valence-electron chi connectivity index (χ3n) is 3.77. The van der Waals surface area contributed by atoms with Crippen LogP contribution in [0.15, 0.2) is 0 Å². The molecule has 0 unspecified atom stereocenters. The van der Waals surface area contributed by atoms with E-state index in [9.17, 15) is 4.79 Å². The molecule has 2 fully saturated rings. The Kier molecular flexibility index (Phi) is 4.04. The molecule has 1 heterocycles. The van der Waals surface area contributed by atoms with Crippen LogP contribution in [0, 0.1) is 0 Å². The standard InChI is InChI=1S/C12H23N3O/c1-2-13-12(16)15-9-7-14(8-10-15)11-5-3-4-6-11/h11H,2-10H2,1H3,(H,13,16). The lowest BCUT2D eigenvalue weighted by Crippen LogP contribution is -2.53. The number of piperazine rings is 1. The second kappa shape index (κ2) is 5.53. The van der Waals surface area contributed by atoms with E-state index < -0.39 is 0 Å². The van der Waals surface area contributed by atoms with Gasteiger partial charge in [0.1, 0.15) is 0 Å². The Balaban J connectivity index is 1.75. The fraction of sp³-hybridized carbons (Fsp3) is 0.917. The topological polar surface area (TPSA) is 35.6 Å². The smallest absolute Gasteiger partial charge is 0.317 e. The van der Waals surface area contributed by atoms with Gasteiger partial charge in [0, 0.05) is 38.8 Å². The molecular formula is C12H23N3O. The molecule has 2 rings (SSSR count). The van der Waals surface area contributed by atoms with Crippen LogP contribution in [0.5, 0.6) is 0 Å². The van der Waals surface area contributed by atoms with Gasteiger partial charge in [0.15, 0.2) is 0 Å². The van der Waals surface area contributed by atoms with Gasteiger partial charge in [-0.3, -0.25) is 4.90 Å². The van der Waals surface area contributed by atoms with Crippen LogP contribution in [0.3, 0.4) is 0 Å². The lowest BCUT2D eigenvalue weighted by molar-refractivity contribution is 0.110. The highest BCUT2D eigenvalue weighted by Crippen LogP contribution is 2.24. The number of urea groups is 1. The molecule has 1 N–H and O–H groups in total.